The summed E-state index contributed by atoms with van der Waals surface area (Å²) in [6, 6.07) is 8.27. The molecule has 2 aliphatic heterocycles. The van der Waals surface area contributed by atoms with Crippen molar-refractivity contribution in [1.82, 2.24) is 15.1 Å². The van der Waals surface area contributed by atoms with Crippen LogP contribution in [0.15, 0.2) is 24.3 Å². The van der Waals surface area contributed by atoms with Gasteiger partial charge in [-0.2, -0.15) is 0 Å². The number of anilines is 1. The largest absolute Gasteiger partial charge is 0.378 e. The number of ether oxygens (including phenoxy) is 1. The third-order valence-electron chi connectivity index (χ3n) is 6.77. The van der Waals surface area contributed by atoms with Crippen LogP contribution in [-0.4, -0.2) is 67.3 Å². The Morgan fingerprint density at radius 2 is 1.81 bits per heavy atom. The van der Waals surface area contributed by atoms with E-state index in [-0.39, 0.29) is 17.4 Å². The number of rotatable bonds is 5. The average molecular weight is 429 g/mol. The molecule has 3 fully saturated rings. The van der Waals surface area contributed by atoms with E-state index in [9.17, 15) is 9.59 Å². The van der Waals surface area contributed by atoms with Gasteiger partial charge in [0.2, 0.25) is 0 Å². The molecule has 0 bridgehead atoms. The summed E-state index contributed by atoms with van der Waals surface area (Å²) in [5, 5.41) is 3.06. The van der Waals surface area contributed by atoms with Crippen molar-refractivity contribution in [3.63, 3.8) is 0 Å². The number of benzene rings is 1. The van der Waals surface area contributed by atoms with Gasteiger partial charge in [0.1, 0.15) is 5.54 Å². The van der Waals surface area contributed by atoms with Crippen molar-refractivity contribution in [2.45, 2.75) is 52.1 Å². The Balaban J connectivity index is 1.37. The first-order chi connectivity index (χ1) is 14.7. The van der Waals surface area contributed by atoms with E-state index in [0.29, 0.717) is 25.6 Å². The monoisotopic (exact) mass is 428 g/mol. The molecule has 2 saturated heterocycles. The molecule has 1 spiro atoms. The first kappa shape index (κ1) is 22.1. The highest BCUT2D eigenvalue weighted by Gasteiger charge is 2.56. The standard InChI is InChI=1S/C24H36N4O3/c1-18-13-23(2,3)16-24(14-18)21(29)28(22(30)25-24)17-26(4)15-19-5-7-20(8-6-19)27-9-11-31-12-10-27/h5-8,18H,9-17H2,1-4H3,(H,25,30)/t18-,24-/m0/s1. The zero-order chi connectivity index (χ0) is 22.2. The van der Waals surface area contributed by atoms with Crippen molar-refractivity contribution in [1.29, 1.82) is 0 Å². The summed E-state index contributed by atoms with van der Waals surface area (Å²) in [6.07, 6.45) is 2.51. The molecule has 2 heterocycles. The number of urea groups is 1. The van der Waals surface area contributed by atoms with Crippen molar-refractivity contribution < 1.29 is 14.3 Å². The lowest BCUT2D eigenvalue weighted by molar-refractivity contribution is -0.136. The number of hydrogen-bond donors (Lipinski definition) is 1. The Kier molecular flexibility index (Phi) is 6.01. The number of amides is 3. The number of carbonyl (C=O) groups is 2. The summed E-state index contributed by atoms with van der Waals surface area (Å²) in [7, 11) is 1.95. The van der Waals surface area contributed by atoms with Crippen LogP contribution >= 0.6 is 0 Å². The van der Waals surface area contributed by atoms with E-state index in [1.807, 2.05) is 11.9 Å². The first-order valence-electron chi connectivity index (χ1n) is 11.4. The lowest BCUT2D eigenvalue weighted by Gasteiger charge is -2.43. The maximum absolute atomic E-state index is 13.3. The van der Waals surface area contributed by atoms with Gasteiger partial charge in [-0.1, -0.05) is 32.9 Å². The molecule has 4 rings (SSSR count). The van der Waals surface area contributed by atoms with Gasteiger partial charge < -0.3 is 15.0 Å². The van der Waals surface area contributed by atoms with Crippen LogP contribution in [0.4, 0.5) is 10.5 Å². The van der Waals surface area contributed by atoms with Gasteiger partial charge in [-0.15, -0.1) is 0 Å². The molecule has 31 heavy (non-hydrogen) atoms. The molecule has 1 aromatic rings. The Labute approximate surface area is 185 Å². The summed E-state index contributed by atoms with van der Waals surface area (Å²) >= 11 is 0. The quantitative estimate of drug-likeness (QED) is 0.731. The van der Waals surface area contributed by atoms with E-state index in [0.717, 1.165) is 44.7 Å². The maximum Gasteiger partial charge on any atom is 0.326 e. The van der Waals surface area contributed by atoms with Crippen LogP contribution in [0.2, 0.25) is 0 Å². The van der Waals surface area contributed by atoms with E-state index in [2.05, 4.69) is 55.3 Å². The predicted molar refractivity (Wildman–Crippen MR) is 121 cm³/mol. The topological polar surface area (TPSA) is 65.1 Å². The first-order valence-corrected chi connectivity index (χ1v) is 11.4. The van der Waals surface area contributed by atoms with Crippen LogP contribution in [0.5, 0.6) is 0 Å². The third kappa shape index (κ3) is 4.72. The van der Waals surface area contributed by atoms with Gasteiger partial charge in [0.25, 0.3) is 5.91 Å². The molecule has 0 radical (unpaired) electrons. The fourth-order valence-electron chi connectivity index (χ4n) is 5.87. The number of hydrogen-bond acceptors (Lipinski definition) is 5. The van der Waals surface area contributed by atoms with Gasteiger partial charge in [-0.25, -0.2) is 9.69 Å². The summed E-state index contributed by atoms with van der Waals surface area (Å²) in [5.41, 5.74) is 1.68. The second kappa shape index (κ2) is 8.43. The highest BCUT2D eigenvalue weighted by atomic mass is 16.5. The van der Waals surface area contributed by atoms with Crippen molar-refractivity contribution in [3.8, 4) is 0 Å². The second-order valence-corrected chi connectivity index (χ2v) is 10.5. The Hall–Kier alpha value is -2.12. The maximum atomic E-state index is 13.3. The minimum atomic E-state index is -0.737. The van der Waals surface area contributed by atoms with Crippen molar-refractivity contribution in [2.24, 2.45) is 11.3 Å². The van der Waals surface area contributed by atoms with E-state index in [1.54, 1.807) is 0 Å². The van der Waals surface area contributed by atoms with Crippen LogP contribution < -0.4 is 10.2 Å². The molecule has 2 atom stereocenters. The third-order valence-corrected chi connectivity index (χ3v) is 6.77. The van der Waals surface area contributed by atoms with Gasteiger partial charge in [-0.3, -0.25) is 9.69 Å². The number of morpholine rings is 1. The molecular formula is C24H36N4O3. The Morgan fingerprint density at radius 3 is 2.45 bits per heavy atom. The van der Waals surface area contributed by atoms with Crippen LogP contribution in [-0.2, 0) is 16.1 Å². The molecule has 1 aromatic carbocycles. The van der Waals surface area contributed by atoms with Crippen molar-refractivity contribution in [2.75, 3.05) is 44.9 Å². The van der Waals surface area contributed by atoms with Gasteiger partial charge in [0.15, 0.2) is 0 Å². The zero-order valence-electron chi connectivity index (χ0n) is 19.3. The molecule has 0 unspecified atom stereocenters. The number of carbonyl (C=O) groups excluding carboxylic acids is 2. The lowest BCUT2D eigenvalue weighted by Crippen LogP contribution is -2.54. The predicted octanol–water partition coefficient (Wildman–Crippen LogP) is 3.05. The van der Waals surface area contributed by atoms with Crippen LogP contribution in [0.25, 0.3) is 0 Å². The molecule has 170 valence electrons. The lowest BCUT2D eigenvalue weighted by atomic mass is 9.64. The molecule has 1 N–H and O–H groups in total. The number of nitrogens with one attached hydrogen (secondary N) is 1. The smallest absolute Gasteiger partial charge is 0.326 e. The highest BCUT2D eigenvalue weighted by molar-refractivity contribution is 6.07. The van der Waals surface area contributed by atoms with E-state index >= 15 is 0 Å². The van der Waals surface area contributed by atoms with Crippen molar-refractivity contribution in [3.05, 3.63) is 29.8 Å². The summed E-state index contributed by atoms with van der Waals surface area (Å²) < 4.78 is 5.42. The van der Waals surface area contributed by atoms with E-state index in [4.69, 9.17) is 4.74 Å². The minimum absolute atomic E-state index is 0.0464. The molecule has 0 aromatic heterocycles. The van der Waals surface area contributed by atoms with Crippen LogP contribution in [0.1, 0.15) is 45.6 Å². The molecule has 7 heteroatoms. The van der Waals surface area contributed by atoms with Gasteiger partial charge in [0.05, 0.1) is 19.9 Å². The molecule has 3 amide bonds. The average Bonchev–Trinajstić information content (AvgIpc) is 2.91. The highest BCUT2D eigenvalue weighted by Crippen LogP contribution is 2.46. The number of nitrogens with zero attached hydrogens (tertiary/aromatic N) is 3. The minimum Gasteiger partial charge on any atom is -0.378 e. The van der Waals surface area contributed by atoms with Crippen molar-refractivity contribution >= 4 is 17.6 Å². The Morgan fingerprint density at radius 1 is 1.13 bits per heavy atom. The van der Waals surface area contributed by atoms with E-state index in [1.165, 1.54) is 10.6 Å². The van der Waals surface area contributed by atoms with Crippen LogP contribution in [0, 0.1) is 11.3 Å². The summed E-state index contributed by atoms with van der Waals surface area (Å²) in [5.74, 6) is 0.349. The summed E-state index contributed by atoms with van der Waals surface area (Å²) in [4.78, 5) is 31.8. The normalized spacial score (nSPS) is 28.5. The van der Waals surface area contributed by atoms with Gasteiger partial charge in [0, 0.05) is 25.3 Å². The Bertz CT molecular complexity index is 819. The zero-order valence-corrected chi connectivity index (χ0v) is 19.3. The molecule has 7 nitrogen and oxygen atoms in total. The summed E-state index contributed by atoms with van der Waals surface area (Å²) in [6.45, 7) is 10.9. The van der Waals surface area contributed by atoms with E-state index < -0.39 is 5.54 Å². The number of imide groups is 1. The fourth-order valence-corrected chi connectivity index (χ4v) is 5.87. The molecule has 3 aliphatic rings. The van der Waals surface area contributed by atoms with Gasteiger partial charge >= 0.3 is 6.03 Å². The molecule has 1 saturated carbocycles. The van der Waals surface area contributed by atoms with Gasteiger partial charge in [-0.05, 0) is 55.3 Å². The van der Waals surface area contributed by atoms with Crippen LogP contribution in [0.3, 0.4) is 0 Å². The SMILES string of the molecule is C[C@H]1CC(C)(C)C[C@]2(C1)NC(=O)N(CN(C)Cc1ccc(N3CCOCC3)cc1)C2=O. The second-order valence-electron chi connectivity index (χ2n) is 10.5. The fraction of sp³-hybridized carbons (Fsp3) is 0.667. The molecule has 1 aliphatic carbocycles. The molecular weight excluding hydrogens is 392 g/mol.